The fraction of sp³-hybridized carbons (Fsp3) is 0.435. The van der Waals surface area contributed by atoms with E-state index in [1.807, 2.05) is 24.3 Å². The Balaban J connectivity index is 1.41. The molecule has 4 rings (SSSR count). The van der Waals surface area contributed by atoms with Crippen LogP contribution in [0.4, 0.5) is 0 Å². The number of aryl methyl sites for hydroxylation is 1. The van der Waals surface area contributed by atoms with Crippen molar-refractivity contribution in [3.8, 4) is 11.5 Å². The monoisotopic (exact) mass is 365 g/mol. The summed E-state index contributed by atoms with van der Waals surface area (Å²) in [5.74, 6) is 1.79. The first-order valence-corrected chi connectivity index (χ1v) is 9.96. The molecule has 0 saturated heterocycles. The maximum absolute atomic E-state index is 12.4. The van der Waals surface area contributed by atoms with Crippen molar-refractivity contribution in [2.45, 2.75) is 43.9 Å². The van der Waals surface area contributed by atoms with E-state index < -0.39 is 0 Å². The van der Waals surface area contributed by atoms with Crippen molar-refractivity contribution in [3.05, 3.63) is 59.7 Å². The molecule has 1 aliphatic carbocycles. The first-order valence-electron chi connectivity index (χ1n) is 9.96. The summed E-state index contributed by atoms with van der Waals surface area (Å²) in [6.45, 7) is 1.90. The lowest BCUT2D eigenvalue weighted by Crippen LogP contribution is -2.39. The minimum Gasteiger partial charge on any atom is -0.486 e. The normalized spacial score (nSPS) is 17.5. The third-order valence-corrected chi connectivity index (χ3v) is 5.82. The topological polar surface area (TPSA) is 47.6 Å². The highest BCUT2D eigenvalue weighted by Crippen LogP contribution is 2.43. The summed E-state index contributed by atoms with van der Waals surface area (Å²) in [6.07, 6.45) is 5.92. The standard InChI is InChI=1S/C23H27NO3/c25-22(11-8-18-6-2-1-3-7-18)24-17-23(12-4-5-13-23)19-9-10-20-21(16-19)27-15-14-26-20/h1-3,6-7,9-10,16H,4-5,8,11-15,17H2,(H,24,25). The fourth-order valence-electron chi connectivity index (χ4n) is 4.25. The minimum atomic E-state index is 0.0121. The lowest BCUT2D eigenvalue weighted by Gasteiger charge is -2.31. The molecule has 1 aliphatic heterocycles. The molecule has 0 aromatic heterocycles. The Morgan fingerprint density at radius 2 is 1.70 bits per heavy atom. The van der Waals surface area contributed by atoms with E-state index in [9.17, 15) is 4.79 Å². The Morgan fingerprint density at radius 1 is 0.963 bits per heavy atom. The average Bonchev–Trinajstić information content (AvgIpc) is 3.21. The number of fused-ring (bicyclic) bond motifs is 1. The molecule has 4 heteroatoms. The van der Waals surface area contributed by atoms with Crippen LogP contribution in [-0.2, 0) is 16.6 Å². The van der Waals surface area contributed by atoms with E-state index in [0.29, 0.717) is 26.2 Å². The molecular weight excluding hydrogens is 338 g/mol. The molecule has 0 unspecified atom stereocenters. The van der Waals surface area contributed by atoms with Gasteiger partial charge in [-0.15, -0.1) is 0 Å². The van der Waals surface area contributed by atoms with Crippen molar-refractivity contribution < 1.29 is 14.3 Å². The van der Waals surface area contributed by atoms with Gasteiger partial charge in [-0.2, -0.15) is 0 Å². The van der Waals surface area contributed by atoms with E-state index in [1.165, 1.54) is 24.0 Å². The average molecular weight is 365 g/mol. The second-order valence-corrected chi connectivity index (χ2v) is 7.61. The molecule has 4 nitrogen and oxygen atoms in total. The second kappa shape index (κ2) is 8.03. The molecule has 0 spiro atoms. The van der Waals surface area contributed by atoms with Gasteiger partial charge in [0.2, 0.25) is 5.91 Å². The molecule has 142 valence electrons. The number of ether oxygens (including phenoxy) is 2. The van der Waals surface area contributed by atoms with E-state index in [1.54, 1.807) is 0 Å². The zero-order chi connectivity index (χ0) is 18.5. The van der Waals surface area contributed by atoms with Crippen LogP contribution >= 0.6 is 0 Å². The Morgan fingerprint density at radius 3 is 2.48 bits per heavy atom. The molecule has 2 aromatic rings. The van der Waals surface area contributed by atoms with E-state index >= 15 is 0 Å². The molecule has 0 radical (unpaired) electrons. The van der Waals surface area contributed by atoms with Crippen molar-refractivity contribution >= 4 is 5.91 Å². The minimum absolute atomic E-state index is 0.0121. The van der Waals surface area contributed by atoms with Gasteiger partial charge in [-0.3, -0.25) is 4.79 Å². The third kappa shape index (κ3) is 4.10. The first-order chi connectivity index (χ1) is 13.3. The van der Waals surface area contributed by atoms with Gasteiger partial charge in [0.15, 0.2) is 11.5 Å². The summed E-state index contributed by atoms with van der Waals surface area (Å²) in [6, 6.07) is 16.5. The van der Waals surface area contributed by atoms with Crippen LogP contribution in [0.2, 0.25) is 0 Å². The Kier molecular flexibility index (Phi) is 5.33. The van der Waals surface area contributed by atoms with E-state index in [4.69, 9.17) is 9.47 Å². The molecule has 1 N–H and O–H groups in total. The van der Waals surface area contributed by atoms with Crippen LogP contribution in [-0.4, -0.2) is 25.7 Å². The number of nitrogens with one attached hydrogen (secondary N) is 1. The summed E-state index contributed by atoms with van der Waals surface area (Å²) in [5.41, 5.74) is 2.47. The predicted molar refractivity (Wildman–Crippen MR) is 105 cm³/mol. The molecule has 1 heterocycles. The van der Waals surface area contributed by atoms with E-state index in [-0.39, 0.29) is 11.3 Å². The lowest BCUT2D eigenvalue weighted by atomic mass is 9.78. The highest BCUT2D eigenvalue weighted by atomic mass is 16.6. The molecular formula is C23H27NO3. The van der Waals surface area contributed by atoms with Gasteiger partial charge in [0.05, 0.1) is 0 Å². The molecule has 2 aliphatic rings. The summed E-state index contributed by atoms with van der Waals surface area (Å²) in [5, 5.41) is 3.20. The van der Waals surface area contributed by atoms with Crippen molar-refractivity contribution in [3.63, 3.8) is 0 Å². The van der Waals surface area contributed by atoms with Crippen LogP contribution in [0.3, 0.4) is 0 Å². The van der Waals surface area contributed by atoms with Gasteiger partial charge < -0.3 is 14.8 Å². The van der Waals surface area contributed by atoms with Crippen LogP contribution in [0.25, 0.3) is 0 Å². The van der Waals surface area contributed by atoms with Crippen LogP contribution in [0.5, 0.6) is 11.5 Å². The molecule has 0 atom stereocenters. The third-order valence-electron chi connectivity index (χ3n) is 5.82. The van der Waals surface area contributed by atoms with Crippen molar-refractivity contribution in [2.24, 2.45) is 0 Å². The maximum atomic E-state index is 12.4. The molecule has 27 heavy (non-hydrogen) atoms. The number of hydrogen-bond donors (Lipinski definition) is 1. The number of amides is 1. The Hall–Kier alpha value is -2.49. The lowest BCUT2D eigenvalue weighted by molar-refractivity contribution is -0.121. The molecule has 1 fully saturated rings. The molecule has 1 amide bonds. The first kappa shape index (κ1) is 17.9. The Labute approximate surface area is 160 Å². The van der Waals surface area contributed by atoms with Gasteiger partial charge in [0.1, 0.15) is 13.2 Å². The van der Waals surface area contributed by atoms with Crippen molar-refractivity contribution in [2.75, 3.05) is 19.8 Å². The predicted octanol–water partition coefficient (Wildman–Crippen LogP) is 4.02. The van der Waals surface area contributed by atoms with Crippen LogP contribution in [0.15, 0.2) is 48.5 Å². The Bertz CT molecular complexity index is 781. The number of carbonyl (C=O) groups is 1. The van der Waals surface area contributed by atoms with Crippen LogP contribution in [0, 0.1) is 0 Å². The fourth-order valence-corrected chi connectivity index (χ4v) is 4.25. The smallest absolute Gasteiger partial charge is 0.220 e. The van der Waals surface area contributed by atoms with Gasteiger partial charge in [-0.25, -0.2) is 0 Å². The van der Waals surface area contributed by atoms with E-state index in [0.717, 1.165) is 30.8 Å². The highest BCUT2D eigenvalue weighted by Gasteiger charge is 2.36. The summed E-state index contributed by atoms with van der Waals surface area (Å²) < 4.78 is 11.4. The number of hydrogen-bond acceptors (Lipinski definition) is 3. The maximum Gasteiger partial charge on any atom is 0.220 e. The second-order valence-electron chi connectivity index (χ2n) is 7.61. The van der Waals surface area contributed by atoms with Crippen molar-refractivity contribution in [1.82, 2.24) is 5.32 Å². The zero-order valence-electron chi connectivity index (χ0n) is 15.7. The van der Waals surface area contributed by atoms with Crippen molar-refractivity contribution in [1.29, 1.82) is 0 Å². The summed E-state index contributed by atoms with van der Waals surface area (Å²) in [4.78, 5) is 12.4. The van der Waals surface area contributed by atoms with E-state index in [2.05, 4.69) is 29.6 Å². The van der Waals surface area contributed by atoms with Crippen LogP contribution in [0.1, 0.15) is 43.2 Å². The largest absolute Gasteiger partial charge is 0.486 e. The number of carbonyl (C=O) groups excluding carboxylic acids is 1. The molecule has 2 aromatic carbocycles. The highest BCUT2D eigenvalue weighted by molar-refractivity contribution is 5.76. The number of benzene rings is 2. The van der Waals surface area contributed by atoms with Gasteiger partial charge in [-0.05, 0) is 42.5 Å². The van der Waals surface area contributed by atoms with Gasteiger partial charge in [0, 0.05) is 18.4 Å². The summed E-state index contributed by atoms with van der Waals surface area (Å²) in [7, 11) is 0. The van der Waals surface area contributed by atoms with Gasteiger partial charge in [0.25, 0.3) is 0 Å². The summed E-state index contributed by atoms with van der Waals surface area (Å²) >= 11 is 0. The quantitative estimate of drug-likeness (QED) is 0.841. The SMILES string of the molecule is O=C(CCc1ccccc1)NCC1(c2ccc3c(c2)OCCO3)CCCC1. The van der Waals surface area contributed by atoms with Crippen LogP contribution < -0.4 is 14.8 Å². The zero-order valence-corrected chi connectivity index (χ0v) is 15.7. The number of rotatable bonds is 6. The van der Waals surface area contributed by atoms with Gasteiger partial charge in [-0.1, -0.05) is 49.2 Å². The molecule has 1 saturated carbocycles. The van der Waals surface area contributed by atoms with Gasteiger partial charge >= 0.3 is 0 Å². The molecule has 0 bridgehead atoms.